The minimum Gasteiger partial charge on any atom is -0.484 e. The van der Waals surface area contributed by atoms with E-state index in [0.29, 0.717) is 22.6 Å². The number of rotatable bonds is 5. The Morgan fingerprint density at radius 3 is 2.27 bits per heavy atom. The highest BCUT2D eigenvalue weighted by atomic mass is 35.5. The molecule has 5 heteroatoms. The van der Waals surface area contributed by atoms with Crippen molar-refractivity contribution in [1.82, 2.24) is 9.80 Å². The fraction of sp³-hybridized carbons (Fsp3) is 0.381. The third-order valence-electron chi connectivity index (χ3n) is 5.34. The topological polar surface area (TPSA) is 32.8 Å². The Morgan fingerprint density at radius 2 is 1.62 bits per heavy atom. The van der Waals surface area contributed by atoms with Crippen molar-refractivity contribution < 1.29 is 9.53 Å². The lowest BCUT2D eigenvalue weighted by molar-refractivity contribution is -0.132. The molecule has 0 saturated carbocycles. The summed E-state index contributed by atoms with van der Waals surface area (Å²) in [7, 11) is 0. The van der Waals surface area contributed by atoms with Crippen LogP contribution in [0.2, 0.25) is 5.02 Å². The summed E-state index contributed by atoms with van der Waals surface area (Å²) < 4.78 is 5.60. The fourth-order valence-corrected chi connectivity index (χ4v) is 4.16. The van der Waals surface area contributed by atoms with E-state index in [0.717, 1.165) is 32.7 Å². The third kappa shape index (κ3) is 4.02. The number of carbonyl (C=O) groups is 1. The van der Waals surface area contributed by atoms with Gasteiger partial charge in [-0.1, -0.05) is 41.9 Å². The van der Waals surface area contributed by atoms with Gasteiger partial charge in [-0.3, -0.25) is 9.69 Å². The summed E-state index contributed by atoms with van der Waals surface area (Å²) in [5.74, 6) is 1.91. The number of benzene rings is 2. The molecular weight excluding hydrogens is 348 g/mol. The summed E-state index contributed by atoms with van der Waals surface area (Å²) in [5.41, 5.74) is 1.36. The van der Waals surface area contributed by atoms with Gasteiger partial charge in [0.05, 0.1) is 0 Å². The largest absolute Gasteiger partial charge is 0.484 e. The molecule has 1 amide bonds. The molecule has 2 aromatic rings. The first-order chi connectivity index (χ1) is 12.7. The number of likely N-dealkylation sites (tertiary alicyclic amines) is 2. The van der Waals surface area contributed by atoms with Crippen LogP contribution < -0.4 is 4.74 Å². The van der Waals surface area contributed by atoms with Gasteiger partial charge in [-0.05, 0) is 41.7 Å². The second kappa shape index (κ2) is 7.68. The molecule has 0 spiro atoms. The van der Waals surface area contributed by atoms with E-state index in [1.807, 2.05) is 4.90 Å². The van der Waals surface area contributed by atoms with E-state index < -0.39 is 0 Å². The third-order valence-corrected chi connectivity index (χ3v) is 5.59. The van der Waals surface area contributed by atoms with Crippen LogP contribution in [0.3, 0.4) is 0 Å². The molecule has 2 aromatic carbocycles. The van der Waals surface area contributed by atoms with Crippen molar-refractivity contribution in [1.29, 1.82) is 0 Å². The van der Waals surface area contributed by atoms with Crippen molar-refractivity contribution in [2.24, 2.45) is 11.8 Å². The predicted octanol–water partition coefficient (Wildman–Crippen LogP) is 3.31. The fourth-order valence-electron chi connectivity index (χ4n) is 4.03. The minimum absolute atomic E-state index is 0.0731. The number of carbonyl (C=O) groups excluding carboxylic acids is 1. The molecule has 0 bridgehead atoms. The van der Waals surface area contributed by atoms with Gasteiger partial charge in [0.15, 0.2) is 6.61 Å². The smallest absolute Gasteiger partial charge is 0.260 e. The Labute approximate surface area is 159 Å². The highest BCUT2D eigenvalue weighted by Gasteiger charge is 2.41. The highest BCUT2D eigenvalue weighted by Crippen LogP contribution is 2.32. The molecule has 136 valence electrons. The van der Waals surface area contributed by atoms with Crippen molar-refractivity contribution in [2.75, 3.05) is 32.8 Å². The molecule has 2 aliphatic heterocycles. The maximum absolute atomic E-state index is 12.5. The molecule has 2 saturated heterocycles. The van der Waals surface area contributed by atoms with Gasteiger partial charge < -0.3 is 9.64 Å². The number of amides is 1. The molecule has 0 aromatic heterocycles. The van der Waals surface area contributed by atoms with Crippen LogP contribution >= 0.6 is 11.6 Å². The summed E-state index contributed by atoms with van der Waals surface area (Å²) in [6.45, 7) is 4.93. The molecular formula is C21H23ClN2O2. The molecule has 0 radical (unpaired) electrons. The number of ether oxygens (including phenoxy) is 1. The SMILES string of the molecule is O=C(COc1ccc(Cl)cc1)N1C[C@H]2CN(Cc3ccccc3)C[C@@H]2C1. The Hall–Kier alpha value is -2.04. The Kier molecular flexibility index (Phi) is 5.14. The number of hydrogen-bond acceptors (Lipinski definition) is 3. The van der Waals surface area contributed by atoms with Crippen LogP contribution in [-0.4, -0.2) is 48.5 Å². The molecule has 4 nitrogen and oxygen atoms in total. The standard InChI is InChI=1S/C21H23ClN2O2/c22-19-6-8-20(9-7-19)26-15-21(25)24-13-17-11-23(12-18(17)14-24)10-16-4-2-1-3-5-16/h1-9,17-18H,10-15H2/t17-,18-/m1/s1. The minimum atomic E-state index is 0.0731. The summed E-state index contributed by atoms with van der Waals surface area (Å²) >= 11 is 5.86. The Morgan fingerprint density at radius 1 is 0.962 bits per heavy atom. The van der Waals surface area contributed by atoms with Crippen LogP contribution in [0.5, 0.6) is 5.75 Å². The van der Waals surface area contributed by atoms with E-state index in [1.165, 1.54) is 5.56 Å². The molecule has 0 aliphatic carbocycles. The van der Waals surface area contributed by atoms with E-state index in [2.05, 4.69) is 35.2 Å². The van der Waals surface area contributed by atoms with Gasteiger partial charge in [-0.2, -0.15) is 0 Å². The van der Waals surface area contributed by atoms with Gasteiger partial charge in [-0.25, -0.2) is 0 Å². The zero-order valence-electron chi connectivity index (χ0n) is 14.7. The van der Waals surface area contributed by atoms with E-state index in [9.17, 15) is 4.79 Å². The van der Waals surface area contributed by atoms with Crippen molar-refractivity contribution in [3.63, 3.8) is 0 Å². The van der Waals surface area contributed by atoms with E-state index in [4.69, 9.17) is 16.3 Å². The zero-order chi connectivity index (χ0) is 17.9. The molecule has 2 heterocycles. The molecule has 0 unspecified atom stereocenters. The molecule has 0 N–H and O–H groups in total. The maximum Gasteiger partial charge on any atom is 0.260 e. The van der Waals surface area contributed by atoms with Crippen LogP contribution in [-0.2, 0) is 11.3 Å². The number of hydrogen-bond donors (Lipinski definition) is 0. The highest BCUT2D eigenvalue weighted by molar-refractivity contribution is 6.30. The number of halogens is 1. The van der Waals surface area contributed by atoms with Gasteiger partial charge >= 0.3 is 0 Å². The molecule has 26 heavy (non-hydrogen) atoms. The van der Waals surface area contributed by atoms with E-state index in [1.54, 1.807) is 24.3 Å². The number of fused-ring (bicyclic) bond motifs is 1. The van der Waals surface area contributed by atoms with Crippen LogP contribution in [0.25, 0.3) is 0 Å². The lowest BCUT2D eigenvalue weighted by Crippen LogP contribution is -2.36. The van der Waals surface area contributed by atoms with Crippen molar-refractivity contribution in [2.45, 2.75) is 6.54 Å². The Balaban J connectivity index is 1.25. The molecule has 2 atom stereocenters. The van der Waals surface area contributed by atoms with Gasteiger partial charge in [-0.15, -0.1) is 0 Å². The van der Waals surface area contributed by atoms with Crippen molar-refractivity contribution in [3.8, 4) is 5.75 Å². The summed E-state index contributed by atoms with van der Waals surface area (Å²) in [4.78, 5) is 16.9. The first kappa shape index (κ1) is 17.4. The van der Waals surface area contributed by atoms with Crippen LogP contribution in [0.1, 0.15) is 5.56 Å². The Bertz CT molecular complexity index is 736. The van der Waals surface area contributed by atoms with Crippen LogP contribution in [0.4, 0.5) is 0 Å². The maximum atomic E-state index is 12.5. The van der Waals surface area contributed by atoms with Gasteiger partial charge in [0.1, 0.15) is 5.75 Å². The molecule has 2 aliphatic rings. The van der Waals surface area contributed by atoms with Gasteiger partial charge in [0.25, 0.3) is 5.91 Å². The average molecular weight is 371 g/mol. The van der Waals surface area contributed by atoms with Crippen molar-refractivity contribution in [3.05, 3.63) is 65.2 Å². The second-order valence-corrected chi connectivity index (χ2v) is 7.68. The summed E-state index contributed by atoms with van der Waals surface area (Å²) in [6.07, 6.45) is 0. The monoisotopic (exact) mass is 370 g/mol. The van der Waals surface area contributed by atoms with Crippen LogP contribution in [0, 0.1) is 11.8 Å². The van der Waals surface area contributed by atoms with Gasteiger partial charge in [0, 0.05) is 37.7 Å². The quantitative estimate of drug-likeness (QED) is 0.809. The van der Waals surface area contributed by atoms with E-state index >= 15 is 0 Å². The molecule has 2 fully saturated rings. The van der Waals surface area contributed by atoms with Crippen molar-refractivity contribution >= 4 is 17.5 Å². The lowest BCUT2D eigenvalue weighted by atomic mass is 10.0. The normalized spacial score (nSPS) is 22.4. The first-order valence-corrected chi connectivity index (χ1v) is 9.47. The summed E-state index contributed by atoms with van der Waals surface area (Å²) in [6, 6.07) is 17.7. The zero-order valence-corrected chi connectivity index (χ0v) is 15.4. The van der Waals surface area contributed by atoms with Gasteiger partial charge in [0.2, 0.25) is 0 Å². The van der Waals surface area contributed by atoms with E-state index in [-0.39, 0.29) is 12.5 Å². The average Bonchev–Trinajstić information content (AvgIpc) is 3.20. The van der Waals surface area contributed by atoms with Crippen LogP contribution in [0.15, 0.2) is 54.6 Å². The second-order valence-electron chi connectivity index (χ2n) is 7.24. The lowest BCUT2D eigenvalue weighted by Gasteiger charge is -2.21. The molecule has 4 rings (SSSR count). The predicted molar refractivity (Wildman–Crippen MR) is 102 cm³/mol. The summed E-state index contributed by atoms with van der Waals surface area (Å²) in [5, 5.41) is 0.663. The number of nitrogens with zero attached hydrogens (tertiary/aromatic N) is 2. The first-order valence-electron chi connectivity index (χ1n) is 9.10.